The number of thiocarbonyl (C=S) groups is 1. The second-order valence-corrected chi connectivity index (χ2v) is 20.3. The summed E-state index contributed by atoms with van der Waals surface area (Å²) in [6.07, 6.45) is 37.6. The second-order valence-electron chi connectivity index (χ2n) is 19.9. The predicted molar refractivity (Wildman–Crippen MR) is 276 cm³/mol. The third-order valence-electron chi connectivity index (χ3n) is 13.9. The van der Waals surface area contributed by atoms with E-state index in [4.69, 9.17) is 17.0 Å². The topological polar surface area (TPSA) is 138 Å². The fourth-order valence-corrected chi connectivity index (χ4v) is 9.60. The molecule has 382 valence electrons. The third kappa shape index (κ3) is 28.5. The van der Waals surface area contributed by atoms with E-state index < -0.39 is 71.4 Å². The first-order valence-corrected chi connectivity index (χ1v) is 28.1. The lowest BCUT2D eigenvalue weighted by molar-refractivity contribution is -0.151. The average molecular weight is 938 g/mol. The van der Waals surface area contributed by atoms with E-state index in [1.807, 2.05) is 0 Å². The Morgan fingerprint density at radius 1 is 0.385 bits per heavy atom. The van der Waals surface area contributed by atoms with Crippen molar-refractivity contribution in [3.63, 3.8) is 0 Å². The molecule has 0 saturated heterocycles. The summed E-state index contributed by atoms with van der Waals surface area (Å²) in [5, 5.41) is 30.3. The first-order chi connectivity index (χ1) is 31.6. The molecule has 0 heterocycles. The molecule has 0 radical (unpaired) electrons. The fourth-order valence-electron chi connectivity index (χ4n) is 9.20. The van der Waals surface area contributed by atoms with Crippen LogP contribution in [0, 0.1) is 16.7 Å². The van der Waals surface area contributed by atoms with Gasteiger partial charge in [-0.1, -0.05) is 233 Å². The molecule has 0 bridgehead atoms. The standard InChI is InChI=1S/C56H104O8S/c1-5-9-13-17-21-25-29-33-37-41-49(60)53(50(61)42-38-34-30-26-22-18-14-10-6-2)56(54(65)64-48-55(45-57,46-58)47-59,51(62)43-39-35-31-27-23-19-15-11-7-3)52(63)44-40-36-32-28-24-20-16-12-8-4/h53,57-59H,5-48H2,1-4H3. The Balaban J connectivity index is 6.87. The number of hydrogen-bond donors (Lipinski definition) is 3. The third-order valence-corrected chi connectivity index (χ3v) is 14.3. The normalized spacial score (nSPS) is 12.0. The number of carbonyl (C=O) groups is 4. The van der Waals surface area contributed by atoms with Crippen molar-refractivity contribution in [3.05, 3.63) is 0 Å². The Bertz CT molecular complexity index is 1110. The maximum Gasteiger partial charge on any atom is 0.182 e. The van der Waals surface area contributed by atoms with Crippen LogP contribution in [-0.4, -0.2) is 69.9 Å². The average Bonchev–Trinajstić information content (AvgIpc) is 3.31. The van der Waals surface area contributed by atoms with E-state index in [2.05, 4.69) is 27.7 Å². The SMILES string of the molecule is CCCCCCCCCCCC(=O)C(C(=O)CCCCCCCCCCC)C(C(=O)CCCCCCCCCCC)(C(=O)CCCCCCCCCCC)C(=S)OCC(CO)(CO)CO. The second kappa shape index (κ2) is 43.7. The van der Waals surface area contributed by atoms with Gasteiger partial charge in [-0.2, -0.15) is 0 Å². The summed E-state index contributed by atoms with van der Waals surface area (Å²) in [6.45, 7) is 6.46. The maximum atomic E-state index is 15.2. The molecule has 9 heteroatoms. The molecule has 0 rings (SSSR count). The van der Waals surface area contributed by atoms with Gasteiger partial charge in [0.05, 0.1) is 25.2 Å². The van der Waals surface area contributed by atoms with E-state index in [1.54, 1.807) is 0 Å². The summed E-state index contributed by atoms with van der Waals surface area (Å²) in [5.41, 5.74) is -3.80. The zero-order valence-corrected chi connectivity index (χ0v) is 43.8. The Hall–Kier alpha value is -1.55. The number of hydrogen-bond acceptors (Lipinski definition) is 9. The molecule has 0 unspecified atom stereocenters. The molecule has 0 spiro atoms. The van der Waals surface area contributed by atoms with Crippen LogP contribution in [0.3, 0.4) is 0 Å². The first-order valence-electron chi connectivity index (χ1n) is 27.7. The number of Topliss-reactive ketones (excluding diaryl/α,β-unsaturated/α-hetero) is 4. The number of unbranched alkanes of at least 4 members (excludes halogenated alkanes) is 32. The molecule has 0 aromatic rings. The van der Waals surface area contributed by atoms with Gasteiger partial charge in [-0.15, -0.1) is 0 Å². The van der Waals surface area contributed by atoms with Crippen LogP contribution >= 0.6 is 12.2 Å². The molecule has 0 atom stereocenters. The quantitative estimate of drug-likeness (QED) is 0.0309. The van der Waals surface area contributed by atoms with Crippen LogP contribution in [0.4, 0.5) is 0 Å². The van der Waals surface area contributed by atoms with Gasteiger partial charge in [0.2, 0.25) is 0 Å². The Morgan fingerprint density at radius 3 is 0.862 bits per heavy atom. The van der Waals surface area contributed by atoms with E-state index in [-0.39, 0.29) is 25.7 Å². The van der Waals surface area contributed by atoms with E-state index >= 15 is 9.59 Å². The summed E-state index contributed by atoms with van der Waals surface area (Å²) in [6, 6.07) is 0. The van der Waals surface area contributed by atoms with Crippen LogP contribution in [0.1, 0.15) is 285 Å². The first kappa shape index (κ1) is 63.5. The molecular formula is C56H104O8S. The number of aliphatic hydroxyl groups is 3. The predicted octanol–water partition coefficient (Wildman–Crippen LogP) is 14.9. The molecule has 0 aliphatic rings. The highest BCUT2D eigenvalue weighted by molar-refractivity contribution is 7.80. The van der Waals surface area contributed by atoms with Crippen molar-refractivity contribution in [2.45, 2.75) is 285 Å². The largest absolute Gasteiger partial charge is 0.485 e. The van der Waals surface area contributed by atoms with Crippen molar-refractivity contribution in [1.29, 1.82) is 0 Å². The van der Waals surface area contributed by atoms with Gasteiger partial charge in [-0.25, -0.2) is 0 Å². The van der Waals surface area contributed by atoms with Gasteiger partial charge in [0.15, 0.2) is 22.0 Å². The highest BCUT2D eigenvalue weighted by atomic mass is 32.1. The Kier molecular flexibility index (Phi) is 42.7. The van der Waals surface area contributed by atoms with E-state index in [0.717, 1.165) is 103 Å². The van der Waals surface area contributed by atoms with Crippen molar-refractivity contribution < 1.29 is 39.2 Å². The van der Waals surface area contributed by atoms with Crippen molar-refractivity contribution in [3.8, 4) is 0 Å². The molecule has 0 aromatic carbocycles. The van der Waals surface area contributed by atoms with Crippen molar-refractivity contribution in [2.24, 2.45) is 16.7 Å². The van der Waals surface area contributed by atoms with Gasteiger partial charge < -0.3 is 20.1 Å². The number of ether oxygens (including phenoxy) is 1. The summed E-state index contributed by atoms with van der Waals surface area (Å²) in [4.78, 5) is 60.1. The highest BCUT2D eigenvalue weighted by Crippen LogP contribution is 2.41. The van der Waals surface area contributed by atoms with E-state index in [1.165, 1.54) is 103 Å². The van der Waals surface area contributed by atoms with Crippen LogP contribution in [0.25, 0.3) is 0 Å². The van der Waals surface area contributed by atoms with E-state index in [0.29, 0.717) is 25.7 Å². The molecule has 0 fully saturated rings. The number of carbonyl (C=O) groups excluding carboxylic acids is 4. The van der Waals surface area contributed by atoms with Gasteiger partial charge in [-0.05, 0) is 37.9 Å². The molecule has 8 nitrogen and oxygen atoms in total. The summed E-state index contributed by atoms with van der Waals surface area (Å²) in [5.74, 6) is -3.49. The smallest absolute Gasteiger partial charge is 0.182 e. The lowest BCUT2D eigenvalue weighted by atomic mass is 9.63. The Labute approximate surface area is 405 Å². The molecule has 0 aliphatic carbocycles. The van der Waals surface area contributed by atoms with Gasteiger partial charge in [0.1, 0.15) is 24.1 Å². The van der Waals surface area contributed by atoms with Crippen LogP contribution < -0.4 is 0 Å². The molecule has 0 saturated carbocycles. The van der Waals surface area contributed by atoms with Crippen molar-refractivity contribution in [1.82, 2.24) is 0 Å². The molecular weight excluding hydrogens is 833 g/mol. The number of ketones is 4. The van der Waals surface area contributed by atoms with Crippen molar-refractivity contribution in [2.75, 3.05) is 26.4 Å². The minimum atomic E-state index is -2.30. The maximum absolute atomic E-state index is 15.2. The molecule has 0 amide bonds. The highest BCUT2D eigenvalue weighted by Gasteiger charge is 2.60. The van der Waals surface area contributed by atoms with Crippen LogP contribution in [0.5, 0.6) is 0 Å². The number of rotatable bonds is 51. The van der Waals surface area contributed by atoms with Gasteiger partial charge in [0, 0.05) is 25.7 Å². The fraction of sp³-hybridized carbons (Fsp3) is 0.911. The van der Waals surface area contributed by atoms with Crippen LogP contribution in [0.2, 0.25) is 0 Å². The van der Waals surface area contributed by atoms with Crippen LogP contribution in [0.15, 0.2) is 0 Å². The monoisotopic (exact) mass is 937 g/mol. The summed E-state index contributed by atoms with van der Waals surface area (Å²) >= 11 is 6.02. The minimum Gasteiger partial charge on any atom is -0.485 e. The lowest BCUT2D eigenvalue weighted by Gasteiger charge is -2.38. The molecule has 0 aliphatic heterocycles. The molecule has 65 heavy (non-hydrogen) atoms. The minimum absolute atomic E-state index is 0.0128. The Morgan fingerprint density at radius 2 is 0.615 bits per heavy atom. The van der Waals surface area contributed by atoms with E-state index in [9.17, 15) is 24.9 Å². The molecule has 0 aromatic heterocycles. The van der Waals surface area contributed by atoms with Gasteiger partial charge >= 0.3 is 0 Å². The summed E-state index contributed by atoms with van der Waals surface area (Å²) in [7, 11) is 0. The zero-order valence-electron chi connectivity index (χ0n) is 43.0. The summed E-state index contributed by atoms with van der Waals surface area (Å²) < 4.78 is 6.15. The van der Waals surface area contributed by atoms with Crippen molar-refractivity contribution >= 4 is 40.4 Å². The lowest BCUT2D eigenvalue weighted by Crippen LogP contribution is -2.57. The van der Waals surface area contributed by atoms with Gasteiger partial charge in [-0.3, -0.25) is 19.2 Å². The number of aliphatic hydroxyl groups excluding tert-OH is 3. The molecule has 3 N–H and O–H groups in total. The van der Waals surface area contributed by atoms with Crippen LogP contribution in [-0.2, 0) is 23.9 Å². The zero-order chi connectivity index (χ0) is 48.3. The van der Waals surface area contributed by atoms with Gasteiger partial charge in [0.25, 0.3) is 0 Å².